The van der Waals surface area contributed by atoms with Gasteiger partial charge in [0.2, 0.25) is 10.0 Å². The predicted molar refractivity (Wildman–Crippen MR) is 80.4 cm³/mol. The van der Waals surface area contributed by atoms with Gasteiger partial charge in [0.05, 0.1) is 4.90 Å². The molecule has 3 rings (SSSR count). The number of nitrogens with zero attached hydrogens (tertiary/aromatic N) is 1. The van der Waals surface area contributed by atoms with Crippen LogP contribution in [0.4, 0.5) is 5.69 Å². The lowest BCUT2D eigenvalue weighted by Gasteiger charge is -2.24. The molecule has 0 atom stereocenters. The summed E-state index contributed by atoms with van der Waals surface area (Å²) in [6, 6.07) is 5.72. The van der Waals surface area contributed by atoms with Gasteiger partial charge in [-0.25, -0.2) is 8.42 Å². The normalized spacial score (nSPS) is 18.4. The van der Waals surface area contributed by atoms with Crippen LogP contribution >= 0.6 is 0 Å². The molecule has 4 nitrogen and oxygen atoms in total. The number of hydrogen-bond acceptors (Lipinski definition) is 3. The van der Waals surface area contributed by atoms with Crippen LogP contribution in [-0.4, -0.2) is 31.9 Å². The van der Waals surface area contributed by atoms with Gasteiger partial charge in [0, 0.05) is 24.8 Å². The van der Waals surface area contributed by atoms with Crippen molar-refractivity contribution in [2.75, 3.05) is 18.4 Å². The highest BCUT2D eigenvalue weighted by Crippen LogP contribution is 2.34. The minimum atomic E-state index is -3.36. The van der Waals surface area contributed by atoms with Gasteiger partial charge in [0.25, 0.3) is 0 Å². The van der Waals surface area contributed by atoms with Crippen molar-refractivity contribution >= 4 is 15.7 Å². The zero-order chi connectivity index (χ0) is 14.3. The number of sulfonamides is 1. The molecule has 110 valence electrons. The molecule has 2 aliphatic rings. The minimum absolute atomic E-state index is 0.212. The second-order valence-corrected chi connectivity index (χ2v) is 8.09. The Morgan fingerprint density at radius 1 is 1.35 bits per heavy atom. The van der Waals surface area contributed by atoms with Crippen LogP contribution in [0.2, 0.25) is 0 Å². The first kappa shape index (κ1) is 13.9. The van der Waals surface area contributed by atoms with Crippen LogP contribution < -0.4 is 5.32 Å². The van der Waals surface area contributed by atoms with Crippen molar-refractivity contribution in [3.05, 3.63) is 23.8 Å². The lowest BCUT2D eigenvalue weighted by atomic mass is 10.2. The molecule has 1 heterocycles. The Bertz CT molecular complexity index is 606. The highest BCUT2D eigenvalue weighted by Gasteiger charge is 2.38. The quantitative estimate of drug-likeness (QED) is 0.907. The molecule has 5 heteroatoms. The van der Waals surface area contributed by atoms with Gasteiger partial charge in [-0.3, -0.25) is 0 Å². The second kappa shape index (κ2) is 5.04. The molecule has 1 N–H and O–H groups in total. The standard InChI is InChI=1S/C15H22N2O2S/c1-11(2)10-17(13-4-5-13)20(18,19)14-6-3-12-7-8-16-15(12)9-14/h3,6,9,11,13,16H,4-5,7-8,10H2,1-2H3. The third-order valence-electron chi connectivity index (χ3n) is 3.90. The maximum atomic E-state index is 12.8. The molecule has 0 unspecified atom stereocenters. The first-order valence-corrected chi connectivity index (χ1v) is 8.81. The summed E-state index contributed by atoms with van der Waals surface area (Å²) in [4.78, 5) is 0.429. The third kappa shape index (κ3) is 2.56. The monoisotopic (exact) mass is 294 g/mol. The maximum absolute atomic E-state index is 12.8. The van der Waals surface area contributed by atoms with E-state index in [2.05, 4.69) is 19.2 Å². The summed E-state index contributed by atoms with van der Waals surface area (Å²) >= 11 is 0. The fourth-order valence-corrected chi connectivity index (χ4v) is 4.61. The van der Waals surface area contributed by atoms with E-state index in [1.54, 1.807) is 16.4 Å². The van der Waals surface area contributed by atoms with Gasteiger partial charge in [0.15, 0.2) is 0 Å². The van der Waals surface area contributed by atoms with E-state index in [0.29, 0.717) is 17.4 Å². The fourth-order valence-electron chi connectivity index (χ4n) is 2.73. The number of benzene rings is 1. The maximum Gasteiger partial charge on any atom is 0.243 e. The van der Waals surface area contributed by atoms with Gasteiger partial charge in [-0.1, -0.05) is 19.9 Å². The Balaban J connectivity index is 1.93. The second-order valence-electron chi connectivity index (χ2n) is 6.20. The molecule has 20 heavy (non-hydrogen) atoms. The Labute approximate surface area is 121 Å². The zero-order valence-corrected chi connectivity index (χ0v) is 12.9. The summed E-state index contributed by atoms with van der Waals surface area (Å²) in [6.07, 6.45) is 2.97. The highest BCUT2D eigenvalue weighted by molar-refractivity contribution is 7.89. The van der Waals surface area contributed by atoms with Crippen molar-refractivity contribution in [2.45, 2.75) is 44.0 Å². The van der Waals surface area contributed by atoms with Gasteiger partial charge in [0.1, 0.15) is 0 Å². The van der Waals surface area contributed by atoms with Crippen molar-refractivity contribution in [1.29, 1.82) is 0 Å². The van der Waals surface area contributed by atoms with Crippen LogP contribution in [0, 0.1) is 5.92 Å². The van der Waals surface area contributed by atoms with Crippen LogP contribution in [0.15, 0.2) is 23.1 Å². The van der Waals surface area contributed by atoms with Gasteiger partial charge in [-0.2, -0.15) is 4.31 Å². The average molecular weight is 294 g/mol. The van der Waals surface area contributed by atoms with Gasteiger partial charge in [-0.15, -0.1) is 0 Å². The molecule has 0 bridgehead atoms. The topological polar surface area (TPSA) is 49.4 Å². The SMILES string of the molecule is CC(C)CN(C1CC1)S(=O)(=O)c1ccc2c(c1)NCC2. The summed E-state index contributed by atoms with van der Waals surface area (Å²) in [5.41, 5.74) is 2.19. The number of nitrogens with one attached hydrogen (secondary N) is 1. The van der Waals surface area contributed by atoms with E-state index in [0.717, 1.165) is 31.5 Å². The fraction of sp³-hybridized carbons (Fsp3) is 0.600. The Morgan fingerprint density at radius 3 is 2.75 bits per heavy atom. The third-order valence-corrected chi connectivity index (χ3v) is 5.81. The lowest BCUT2D eigenvalue weighted by molar-refractivity contribution is 0.360. The summed E-state index contributed by atoms with van der Waals surface area (Å²) in [6.45, 7) is 5.64. The largest absolute Gasteiger partial charge is 0.384 e. The van der Waals surface area contributed by atoms with E-state index in [-0.39, 0.29) is 6.04 Å². The lowest BCUT2D eigenvalue weighted by Crippen LogP contribution is -2.36. The van der Waals surface area contributed by atoms with E-state index in [9.17, 15) is 8.42 Å². The summed E-state index contributed by atoms with van der Waals surface area (Å²) in [5, 5.41) is 3.25. The van der Waals surface area contributed by atoms with Crippen molar-refractivity contribution < 1.29 is 8.42 Å². The average Bonchev–Trinajstić information content (AvgIpc) is 3.12. The predicted octanol–water partition coefficient (Wildman–Crippen LogP) is 2.46. The van der Waals surface area contributed by atoms with Crippen LogP contribution in [0.5, 0.6) is 0 Å². The number of anilines is 1. The first-order valence-electron chi connectivity index (χ1n) is 7.37. The van der Waals surface area contributed by atoms with Crippen LogP contribution in [0.25, 0.3) is 0 Å². The molecule has 1 aromatic rings. The number of fused-ring (bicyclic) bond motifs is 1. The molecule has 0 aromatic heterocycles. The van der Waals surface area contributed by atoms with E-state index in [1.807, 2.05) is 6.07 Å². The Hall–Kier alpha value is -1.07. The molecule has 0 spiro atoms. The number of rotatable bonds is 5. The van der Waals surface area contributed by atoms with Gasteiger partial charge >= 0.3 is 0 Å². The van der Waals surface area contributed by atoms with E-state index >= 15 is 0 Å². The highest BCUT2D eigenvalue weighted by atomic mass is 32.2. The van der Waals surface area contributed by atoms with Gasteiger partial charge < -0.3 is 5.32 Å². The molecule has 0 radical (unpaired) electrons. The molecular weight excluding hydrogens is 272 g/mol. The molecule has 1 aliphatic carbocycles. The summed E-state index contributed by atoms with van der Waals surface area (Å²) in [5.74, 6) is 0.345. The van der Waals surface area contributed by atoms with Crippen molar-refractivity contribution in [2.24, 2.45) is 5.92 Å². The molecule has 1 saturated carbocycles. The van der Waals surface area contributed by atoms with Gasteiger partial charge in [-0.05, 0) is 42.9 Å². The molecular formula is C15H22N2O2S. The van der Waals surface area contributed by atoms with Crippen molar-refractivity contribution in [3.63, 3.8) is 0 Å². The molecule has 0 saturated heterocycles. The summed E-state index contributed by atoms with van der Waals surface area (Å²) < 4.78 is 27.4. The summed E-state index contributed by atoms with van der Waals surface area (Å²) in [7, 11) is -3.36. The van der Waals surface area contributed by atoms with Crippen LogP contribution in [-0.2, 0) is 16.4 Å². The van der Waals surface area contributed by atoms with Crippen molar-refractivity contribution in [3.8, 4) is 0 Å². The van der Waals surface area contributed by atoms with Crippen LogP contribution in [0.3, 0.4) is 0 Å². The van der Waals surface area contributed by atoms with E-state index in [1.165, 1.54) is 5.56 Å². The van der Waals surface area contributed by atoms with E-state index < -0.39 is 10.0 Å². The molecule has 1 aromatic carbocycles. The van der Waals surface area contributed by atoms with E-state index in [4.69, 9.17) is 0 Å². The molecule has 1 aliphatic heterocycles. The number of hydrogen-bond donors (Lipinski definition) is 1. The smallest absolute Gasteiger partial charge is 0.243 e. The molecule has 0 amide bonds. The minimum Gasteiger partial charge on any atom is -0.384 e. The molecule has 1 fully saturated rings. The van der Waals surface area contributed by atoms with Crippen LogP contribution in [0.1, 0.15) is 32.3 Å². The Morgan fingerprint density at radius 2 is 2.10 bits per heavy atom. The Kier molecular flexibility index (Phi) is 3.50. The van der Waals surface area contributed by atoms with Crippen molar-refractivity contribution in [1.82, 2.24) is 4.31 Å². The first-order chi connectivity index (χ1) is 9.48. The zero-order valence-electron chi connectivity index (χ0n) is 12.1.